The zero-order valence-electron chi connectivity index (χ0n) is 18.8. The Bertz CT molecular complexity index is 994. The van der Waals surface area contributed by atoms with Crippen LogP contribution in [0.3, 0.4) is 0 Å². The van der Waals surface area contributed by atoms with Crippen LogP contribution in [-0.4, -0.2) is 58.3 Å². The third kappa shape index (κ3) is 7.28. The van der Waals surface area contributed by atoms with Gasteiger partial charge in [-0.15, -0.1) is 0 Å². The second-order valence-electron chi connectivity index (χ2n) is 8.36. The van der Waals surface area contributed by atoms with Gasteiger partial charge in [0.05, 0.1) is 18.5 Å². The molecule has 182 valence electrons. The molecule has 2 aromatic rings. The van der Waals surface area contributed by atoms with Crippen molar-refractivity contribution >= 4 is 29.2 Å². The third-order valence-electron chi connectivity index (χ3n) is 5.00. The molecule has 1 atom stereocenters. The first-order chi connectivity index (χ1) is 15.5. The van der Waals surface area contributed by atoms with Gasteiger partial charge >= 0.3 is 11.7 Å². The van der Waals surface area contributed by atoms with Crippen LogP contribution in [0.15, 0.2) is 35.3 Å². The molecular formula is C22H28ClF3N4O2S. The predicted octanol–water partition coefficient (Wildman–Crippen LogP) is 5.03. The van der Waals surface area contributed by atoms with Crippen molar-refractivity contribution in [2.24, 2.45) is 5.92 Å². The molecule has 0 saturated carbocycles. The molecule has 0 spiro atoms. The molecule has 33 heavy (non-hydrogen) atoms. The fraction of sp³-hybridized carbons (Fsp3) is 0.545. The van der Waals surface area contributed by atoms with Gasteiger partial charge in [0.25, 0.3) is 0 Å². The molecule has 0 aliphatic carbocycles. The Kier molecular flexibility index (Phi) is 8.58. The molecule has 2 heterocycles. The summed E-state index contributed by atoms with van der Waals surface area (Å²) in [6.07, 6.45) is -3.74. The van der Waals surface area contributed by atoms with Crippen LogP contribution in [0.5, 0.6) is 5.75 Å². The van der Waals surface area contributed by atoms with E-state index in [0.29, 0.717) is 34.7 Å². The number of hydrogen-bond acceptors (Lipinski definition) is 6. The molecule has 1 fully saturated rings. The van der Waals surface area contributed by atoms with Gasteiger partial charge in [-0.2, -0.15) is 23.0 Å². The summed E-state index contributed by atoms with van der Waals surface area (Å²) < 4.78 is 47.5. The summed E-state index contributed by atoms with van der Waals surface area (Å²) in [7, 11) is 0. The van der Waals surface area contributed by atoms with Crippen molar-refractivity contribution in [1.29, 1.82) is 0 Å². The lowest BCUT2D eigenvalue weighted by Crippen LogP contribution is -2.44. The average Bonchev–Trinajstić information content (AvgIpc) is 2.71. The summed E-state index contributed by atoms with van der Waals surface area (Å²) >= 11 is 7.83. The van der Waals surface area contributed by atoms with Gasteiger partial charge in [-0.05, 0) is 24.1 Å². The molecule has 1 aliphatic rings. The first-order valence-electron chi connectivity index (χ1n) is 10.8. The lowest BCUT2D eigenvalue weighted by Gasteiger charge is -2.36. The highest BCUT2D eigenvalue weighted by Gasteiger charge is 2.31. The Morgan fingerprint density at radius 2 is 1.88 bits per heavy atom. The Labute approximate surface area is 200 Å². The van der Waals surface area contributed by atoms with Crippen LogP contribution < -0.4 is 15.2 Å². The monoisotopic (exact) mass is 504 g/mol. The average molecular weight is 505 g/mol. The van der Waals surface area contributed by atoms with Crippen molar-refractivity contribution in [3.8, 4) is 11.4 Å². The van der Waals surface area contributed by atoms with Gasteiger partial charge < -0.3 is 9.64 Å². The Balaban J connectivity index is 1.88. The molecule has 0 radical (unpaired) electrons. The van der Waals surface area contributed by atoms with E-state index in [1.54, 1.807) is 36.2 Å². The quantitative estimate of drug-likeness (QED) is 0.470. The summed E-state index contributed by atoms with van der Waals surface area (Å²) in [4.78, 5) is 15.3. The van der Waals surface area contributed by atoms with Crippen LogP contribution in [0.1, 0.15) is 27.2 Å². The van der Waals surface area contributed by atoms with Crippen LogP contribution in [0, 0.1) is 5.92 Å². The van der Waals surface area contributed by atoms with Crippen molar-refractivity contribution in [1.82, 2.24) is 14.1 Å². The summed E-state index contributed by atoms with van der Waals surface area (Å²) in [6.45, 7) is 8.34. The molecule has 1 aromatic heterocycles. The molecule has 0 N–H and O–H groups in total. The number of halogens is 4. The Hall–Kier alpha value is -1.91. The second-order valence-corrected chi connectivity index (χ2v) is 10.5. The number of aromatic nitrogens is 2. The lowest BCUT2D eigenvalue weighted by atomic mass is 10.1. The van der Waals surface area contributed by atoms with Crippen LogP contribution in [0.25, 0.3) is 5.69 Å². The Morgan fingerprint density at radius 1 is 1.18 bits per heavy atom. The summed E-state index contributed by atoms with van der Waals surface area (Å²) in [6, 6.07) is 6.64. The molecule has 11 heteroatoms. The van der Waals surface area contributed by atoms with Crippen LogP contribution in [0.2, 0.25) is 5.02 Å². The van der Waals surface area contributed by atoms with Gasteiger partial charge in [0.15, 0.2) is 0 Å². The van der Waals surface area contributed by atoms with Gasteiger partial charge in [0.2, 0.25) is 5.75 Å². The van der Waals surface area contributed by atoms with Gasteiger partial charge in [0, 0.05) is 42.9 Å². The topological polar surface area (TPSA) is 50.6 Å². The maximum atomic E-state index is 13.3. The van der Waals surface area contributed by atoms with Crippen molar-refractivity contribution < 1.29 is 17.9 Å². The minimum Gasteiger partial charge on any atom is -0.486 e. The van der Waals surface area contributed by atoms with E-state index in [1.165, 1.54) is 13.1 Å². The first kappa shape index (κ1) is 25.7. The fourth-order valence-electron chi connectivity index (χ4n) is 3.59. The molecule has 0 amide bonds. The van der Waals surface area contributed by atoms with Crippen molar-refractivity contribution in [2.45, 2.75) is 38.6 Å². The van der Waals surface area contributed by atoms with Crippen molar-refractivity contribution in [2.75, 3.05) is 37.7 Å². The minimum absolute atomic E-state index is 0.00367. The summed E-state index contributed by atoms with van der Waals surface area (Å²) in [5, 5.41) is 5.21. The van der Waals surface area contributed by atoms with E-state index in [4.69, 9.17) is 16.3 Å². The summed E-state index contributed by atoms with van der Waals surface area (Å²) in [5.41, 5.74) is 0.407. The van der Waals surface area contributed by atoms with Crippen LogP contribution in [0.4, 0.5) is 18.9 Å². The SMILES string of the molecule is CC(COc1c(N2CCN(SC(C)C)CC2)cnn(-c2cccc(Cl)c2)c1=O)CC(F)(F)F. The van der Waals surface area contributed by atoms with Gasteiger partial charge in [-0.3, -0.25) is 4.79 Å². The number of alkyl halides is 3. The third-order valence-corrected chi connectivity index (χ3v) is 6.32. The van der Waals surface area contributed by atoms with Gasteiger partial charge in [-0.1, -0.05) is 50.4 Å². The number of nitrogens with zero attached hydrogens (tertiary/aromatic N) is 4. The maximum Gasteiger partial charge on any atom is 0.389 e. The molecular weight excluding hydrogens is 477 g/mol. The van der Waals surface area contributed by atoms with E-state index in [-0.39, 0.29) is 12.4 Å². The fourth-order valence-corrected chi connectivity index (χ4v) is 4.75. The zero-order chi connectivity index (χ0) is 24.2. The Morgan fingerprint density at radius 3 is 2.48 bits per heavy atom. The number of hydrogen-bond donors (Lipinski definition) is 0. The zero-order valence-corrected chi connectivity index (χ0v) is 20.4. The number of rotatable bonds is 8. The molecule has 6 nitrogen and oxygen atoms in total. The molecule has 1 unspecified atom stereocenters. The van der Waals surface area contributed by atoms with Gasteiger partial charge in [0.1, 0.15) is 5.69 Å². The van der Waals surface area contributed by atoms with E-state index in [2.05, 4.69) is 23.3 Å². The summed E-state index contributed by atoms with van der Waals surface area (Å²) in [5.74, 6) is -0.798. The smallest absolute Gasteiger partial charge is 0.389 e. The minimum atomic E-state index is -4.30. The first-order valence-corrected chi connectivity index (χ1v) is 12.0. The van der Waals surface area contributed by atoms with Crippen molar-refractivity contribution in [3.05, 3.63) is 45.8 Å². The molecule has 0 bridgehead atoms. The normalized spacial score (nSPS) is 16.3. The highest BCUT2D eigenvalue weighted by molar-refractivity contribution is 7.97. The van der Waals surface area contributed by atoms with Gasteiger partial charge in [-0.25, -0.2) is 4.31 Å². The number of piperazine rings is 1. The highest BCUT2D eigenvalue weighted by atomic mass is 35.5. The highest BCUT2D eigenvalue weighted by Crippen LogP contribution is 2.29. The molecule has 1 saturated heterocycles. The van der Waals surface area contributed by atoms with E-state index >= 15 is 0 Å². The van der Waals surface area contributed by atoms with Crippen LogP contribution in [-0.2, 0) is 0 Å². The van der Waals surface area contributed by atoms with E-state index in [9.17, 15) is 18.0 Å². The predicted molar refractivity (Wildman–Crippen MR) is 127 cm³/mol. The molecule has 1 aromatic carbocycles. The second kappa shape index (κ2) is 11.0. The molecule has 1 aliphatic heterocycles. The van der Waals surface area contributed by atoms with E-state index in [1.807, 2.05) is 4.90 Å². The number of benzene rings is 1. The maximum absolute atomic E-state index is 13.3. The van der Waals surface area contributed by atoms with Crippen LogP contribution >= 0.6 is 23.5 Å². The standard InChI is InChI=1S/C22H28ClF3N4O2S/c1-15(2)33-29-9-7-28(8-10-29)19-13-27-30(18-6-4-5-17(23)11-18)21(31)20(19)32-14-16(3)12-22(24,25)26/h4-6,11,13,15-16H,7-10,12,14H2,1-3H3. The number of anilines is 1. The lowest BCUT2D eigenvalue weighted by molar-refractivity contribution is -0.145. The van der Waals surface area contributed by atoms with E-state index < -0.39 is 24.1 Å². The largest absolute Gasteiger partial charge is 0.486 e. The number of ether oxygens (including phenoxy) is 1. The molecule has 3 rings (SSSR count). The van der Waals surface area contributed by atoms with E-state index in [0.717, 1.165) is 17.8 Å². The van der Waals surface area contributed by atoms with Crippen molar-refractivity contribution in [3.63, 3.8) is 0 Å².